The zero-order chi connectivity index (χ0) is 11.0. The molecule has 0 amide bonds. The largest absolute Gasteiger partial charge is 0.472 e. The molecule has 3 heterocycles. The molecule has 1 fully saturated rings. The van der Waals surface area contributed by atoms with Crippen molar-refractivity contribution in [3.05, 3.63) is 24.7 Å². The lowest BCUT2D eigenvalue weighted by atomic mass is 10.2. The Balaban J connectivity index is 1.79. The number of ether oxygens (including phenoxy) is 1. The molecule has 0 aromatic carbocycles. The van der Waals surface area contributed by atoms with Gasteiger partial charge in [0.25, 0.3) is 0 Å². The third-order valence-electron chi connectivity index (χ3n) is 2.81. The molecule has 0 saturated carbocycles. The average Bonchev–Trinajstić information content (AvgIpc) is 2.84. The molecule has 1 saturated heterocycles. The van der Waals surface area contributed by atoms with Crippen LogP contribution in [0.25, 0.3) is 5.78 Å². The highest BCUT2D eigenvalue weighted by molar-refractivity contribution is 5.32. The molecule has 2 atom stereocenters. The molecule has 2 aromatic heterocycles. The van der Waals surface area contributed by atoms with Gasteiger partial charge in [0, 0.05) is 31.4 Å². The van der Waals surface area contributed by atoms with E-state index in [1.54, 1.807) is 6.20 Å². The quantitative estimate of drug-likeness (QED) is 0.812. The molecule has 1 aliphatic heterocycles. The van der Waals surface area contributed by atoms with Crippen LogP contribution in [0, 0.1) is 0 Å². The van der Waals surface area contributed by atoms with Gasteiger partial charge in [-0.3, -0.25) is 4.40 Å². The van der Waals surface area contributed by atoms with Gasteiger partial charge in [0.2, 0.25) is 11.7 Å². The second-order valence-electron chi connectivity index (χ2n) is 4.19. The first-order valence-corrected chi connectivity index (χ1v) is 5.51. The smallest absolute Gasteiger partial charge is 0.237 e. The number of fused-ring (bicyclic) bond motifs is 1. The van der Waals surface area contributed by atoms with Gasteiger partial charge in [-0.15, -0.1) is 0 Å². The molecular weight excluding hydrogens is 204 g/mol. The highest BCUT2D eigenvalue weighted by atomic mass is 16.5. The van der Waals surface area contributed by atoms with Crippen LogP contribution < -0.4 is 10.1 Å². The summed E-state index contributed by atoms with van der Waals surface area (Å²) < 4.78 is 7.66. The highest BCUT2D eigenvalue weighted by Crippen LogP contribution is 2.16. The van der Waals surface area contributed by atoms with Crippen molar-refractivity contribution in [2.24, 2.45) is 0 Å². The van der Waals surface area contributed by atoms with E-state index in [2.05, 4.69) is 22.2 Å². The molecule has 0 spiro atoms. The van der Waals surface area contributed by atoms with Crippen LogP contribution in [0.2, 0.25) is 0 Å². The van der Waals surface area contributed by atoms with Crippen LogP contribution in [-0.2, 0) is 0 Å². The van der Waals surface area contributed by atoms with E-state index in [1.807, 2.05) is 22.9 Å². The fourth-order valence-electron chi connectivity index (χ4n) is 2.02. The van der Waals surface area contributed by atoms with E-state index in [9.17, 15) is 0 Å². The van der Waals surface area contributed by atoms with Gasteiger partial charge in [-0.05, 0) is 13.0 Å². The van der Waals surface area contributed by atoms with Crippen LogP contribution in [-0.4, -0.2) is 33.1 Å². The number of hydrogen-bond acceptors (Lipinski definition) is 4. The lowest BCUT2D eigenvalue weighted by molar-refractivity contribution is 0.213. The van der Waals surface area contributed by atoms with Crippen LogP contribution in [0.3, 0.4) is 0 Å². The van der Waals surface area contributed by atoms with E-state index >= 15 is 0 Å². The van der Waals surface area contributed by atoms with Gasteiger partial charge in [-0.2, -0.15) is 4.98 Å². The number of aromatic nitrogens is 3. The molecule has 3 rings (SSSR count). The fraction of sp³-hybridized carbons (Fsp3) is 0.455. The summed E-state index contributed by atoms with van der Waals surface area (Å²) in [7, 11) is 0. The third-order valence-corrected chi connectivity index (χ3v) is 2.81. The molecule has 16 heavy (non-hydrogen) atoms. The van der Waals surface area contributed by atoms with Crippen LogP contribution in [0.4, 0.5) is 0 Å². The Labute approximate surface area is 93.5 Å². The number of nitrogens with zero attached hydrogens (tertiary/aromatic N) is 3. The summed E-state index contributed by atoms with van der Waals surface area (Å²) in [6.07, 6.45) is 6.76. The number of imidazole rings is 1. The van der Waals surface area contributed by atoms with E-state index in [0.717, 1.165) is 13.0 Å². The van der Waals surface area contributed by atoms with Crippen molar-refractivity contribution < 1.29 is 4.74 Å². The van der Waals surface area contributed by atoms with Gasteiger partial charge in [0.15, 0.2) is 0 Å². The molecular formula is C11H14N4O. The predicted molar refractivity (Wildman–Crippen MR) is 59.5 cm³/mol. The van der Waals surface area contributed by atoms with Gasteiger partial charge >= 0.3 is 0 Å². The second kappa shape index (κ2) is 3.75. The maximum atomic E-state index is 5.80. The molecule has 84 valence electrons. The Bertz CT molecular complexity index is 462. The zero-order valence-corrected chi connectivity index (χ0v) is 9.13. The Kier molecular flexibility index (Phi) is 2.25. The summed E-state index contributed by atoms with van der Waals surface area (Å²) >= 11 is 0. The van der Waals surface area contributed by atoms with Crippen molar-refractivity contribution in [1.82, 2.24) is 19.7 Å². The zero-order valence-electron chi connectivity index (χ0n) is 9.13. The molecule has 1 N–H and O–H groups in total. The van der Waals surface area contributed by atoms with Crippen LogP contribution in [0.1, 0.15) is 13.3 Å². The summed E-state index contributed by atoms with van der Waals surface area (Å²) in [6, 6.07) is 2.40. The van der Waals surface area contributed by atoms with Gasteiger partial charge in [0.05, 0.1) is 6.20 Å². The number of hydrogen-bond donors (Lipinski definition) is 1. The Morgan fingerprint density at radius 3 is 3.25 bits per heavy atom. The Morgan fingerprint density at radius 1 is 1.56 bits per heavy atom. The minimum absolute atomic E-state index is 0.222. The molecule has 0 bridgehead atoms. The first-order valence-electron chi connectivity index (χ1n) is 5.51. The van der Waals surface area contributed by atoms with Crippen molar-refractivity contribution >= 4 is 5.78 Å². The standard InChI is InChI=1S/C11H14N4O/c1-8-5-9(6-13-8)16-10-7-15-4-2-3-12-11(15)14-10/h2-4,7-9,13H,5-6H2,1H3/t8-,9+/m0/s1. The normalized spacial score (nSPS) is 25.1. The summed E-state index contributed by atoms with van der Waals surface area (Å²) in [6.45, 7) is 3.05. The first-order chi connectivity index (χ1) is 7.81. The Hall–Kier alpha value is -1.62. The topological polar surface area (TPSA) is 51.5 Å². The summed E-state index contributed by atoms with van der Waals surface area (Å²) in [4.78, 5) is 8.45. The molecule has 0 unspecified atom stereocenters. The fourth-order valence-corrected chi connectivity index (χ4v) is 2.02. The maximum absolute atomic E-state index is 5.80. The molecule has 0 aliphatic carbocycles. The van der Waals surface area contributed by atoms with E-state index in [-0.39, 0.29) is 6.10 Å². The first kappa shape index (κ1) is 9.59. The van der Waals surface area contributed by atoms with Crippen LogP contribution in [0.15, 0.2) is 24.7 Å². The van der Waals surface area contributed by atoms with Crippen molar-refractivity contribution in [1.29, 1.82) is 0 Å². The predicted octanol–water partition coefficient (Wildman–Crippen LogP) is 0.858. The summed E-state index contributed by atoms with van der Waals surface area (Å²) in [5.74, 6) is 1.33. The summed E-state index contributed by atoms with van der Waals surface area (Å²) in [5, 5.41) is 3.35. The van der Waals surface area contributed by atoms with Gasteiger partial charge in [-0.25, -0.2) is 4.98 Å². The van der Waals surface area contributed by atoms with Gasteiger partial charge in [0.1, 0.15) is 6.10 Å². The minimum atomic E-state index is 0.222. The van der Waals surface area contributed by atoms with Gasteiger partial charge < -0.3 is 10.1 Å². The Morgan fingerprint density at radius 2 is 2.50 bits per heavy atom. The molecule has 0 radical (unpaired) electrons. The van der Waals surface area contributed by atoms with E-state index in [0.29, 0.717) is 17.7 Å². The van der Waals surface area contributed by atoms with E-state index in [1.165, 1.54) is 0 Å². The van der Waals surface area contributed by atoms with Crippen LogP contribution >= 0.6 is 0 Å². The molecule has 1 aliphatic rings. The molecule has 5 nitrogen and oxygen atoms in total. The number of nitrogens with one attached hydrogen (secondary N) is 1. The van der Waals surface area contributed by atoms with Crippen molar-refractivity contribution in [3.63, 3.8) is 0 Å². The maximum Gasteiger partial charge on any atom is 0.237 e. The number of rotatable bonds is 2. The van der Waals surface area contributed by atoms with Crippen molar-refractivity contribution in [3.8, 4) is 5.88 Å². The molecule has 2 aromatic rings. The van der Waals surface area contributed by atoms with E-state index in [4.69, 9.17) is 4.74 Å². The van der Waals surface area contributed by atoms with Gasteiger partial charge in [-0.1, -0.05) is 0 Å². The lowest BCUT2D eigenvalue weighted by Gasteiger charge is -2.08. The van der Waals surface area contributed by atoms with Crippen LogP contribution in [0.5, 0.6) is 5.88 Å². The summed E-state index contributed by atoms with van der Waals surface area (Å²) in [5.41, 5.74) is 0. The van der Waals surface area contributed by atoms with Crippen molar-refractivity contribution in [2.75, 3.05) is 6.54 Å². The highest BCUT2D eigenvalue weighted by Gasteiger charge is 2.22. The monoisotopic (exact) mass is 218 g/mol. The molecule has 5 heteroatoms. The minimum Gasteiger partial charge on any atom is -0.472 e. The lowest BCUT2D eigenvalue weighted by Crippen LogP contribution is -2.20. The third kappa shape index (κ3) is 1.74. The second-order valence-corrected chi connectivity index (χ2v) is 4.19. The van der Waals surface area contributed by atoms with E-state index < -0.39 is 0 Å². The SMILES string of the molecule is C[C@H]1C[C@@H](Oc2cn3cccnc3n2)CN1. The van der Waals surface area contributed by atoms with Crippen molar-refractivity contribution in [2.45, 2.75) is 25.5 Å². The average molecular weight is 218 g/mol.